The van der Waals surface area contributed by atoms with Crippen LogP contribution < -0.4 is 0 Å². The molecule has 0 unspecified atom stereocenters. The first-order valence-electron chi connectivity index (χ1n) is 15.2. The normalized spacial score (nSPS) is 48.7. The van der Waals surface area contributed by atoms with Crippen LogP contribution in [0.15, 0.2) is 23.0 Å². The molecule has 5 aliphatic carbocycles. The van der Waals surface area contributed by atoms with E-state index < -0.39 is 5.41 Å². The maximum atomic E-state index is 14.6. The van der Waals surface area contributed by atoms with E-state index in [2.05, 4.69) is 54.5 Å². The van der Waals surface area contributed by atoms with Gasteiger partial charge in [0.25, 0.3) is 0 Å². The molecule has 0 aromatic carbocycles. The number of nitriles is 1. The predicted molar refractivity (Wildman–Crippen MR) is 148 cm³/mol. The molecule has 39 heavy (non-hydrogen) atoms. The van der Waals surface area contributed by atoms with E-state index in [4.69, 9.17) is 4.74 Å². The summed E-state index contributed by atoms with van der Waals surface area (Å²) in [5.74, 6) is 1.36. The Hall–Kier alpha value is -2.29. The maximum Gasteiger partial charge on any atom is 0.410 e. The molecule has 9 atom stereocenters. The maximum absolute atomic E-state index is 14.6. The zero-order valence-corrected chi connectivity index (χ0v) is 24.9. The van der Waals surface area contributed by atoms with Crippen LogP contribution in [0.2, 0.25) is 0 Å². The van der Waals surface area contributed by atoms with Gasteiger partial charge in [0.1, 0.15) is 12.4 Å². The fraction of sp³-hybridized carbons (Fsp3) is 0.788. The number of aliphatic hydroxyl groups is 1. The van der Waals surface area contributed by atoms with Crippen molar-refractivity contribution in [3.05, 3.63) is 23.0 Å². The number of carbonyl (C=O) groups is 2. The Balaban J connectivity index is 1.52. The van der Waals surface area contributed by atoms with Gasteiger partial charge in [-0.1, -0.05) is 54.0 Å². The highest BCUT2D eigenvalue weighted by molar-refractivity contribution is 5.95. The van der Waals surface area contributed by atoms with Crippen molar-refractivity contribution in [2.24, 2.45) is 51.2 Å². The minimum Gasteiger partial charge on any atom is -0.511 e. The molecule has 212 valence electrons. The van der Waals surface area contributed by atoms with Crippen LogP contribution in [0.4, 0.5) is 4.79 Å². The summed E-state index contributed by atoms with van der Waals surface area (Å²) in [5.41, 5.74) is 0.0190. The minimum absolute atomic E-state index is 0.0970. The highest BCUT2D eigenvalue weighted by Crippen LogP contribution is 2.74. The lowest BCUT2D eigenvalue weighted by atomic mass is 9.34. The van der Waals surface area contributed by atoms with Gasteiger partial charge in [-0.3, -0.25) is 9.69 Å². The summed E-state index contributed by atoms with van der Waals surface area (Å²) in [6.07, 6.45) is 8.01. The zero-order valence-electron chi connectivity index (χ0n) is 24.9. The molecule has 6 heteroatoms. The van der Waals surface area contributed by atoms with Gasteiger partial charge in [0.2, 0.25) is 0 Å². The van der Waals surface area contributed by atoms with E-state index in [-0.39, 0.29) is 57.2 Å². The standard InChI is InChI=1S/C33H46N2O4/c1-19-8-11-33(35-14-15-39-28(35)38)13-12-32(7)26(25(33)20(19)2)22(36)16-24-30(5)17-21(18-34)27(37)29(3,4)23(30)9-10-31(24,32)6/h16,19-20,23,25-26,37H,8-15,17H2,1-7H3/t19-,20+,23+,25+,26-,30+,31-,32-,33+/m1/s1. The van der Waals surface area contributed by atoms with E-state index in [0.29, 0.717) is 37.0 Å². The van der Waals surface area contributed by atoms with Crippen LogP contribution in [0.25, 0.3) is 0 Å². The van der Waals surface area contributed by atoms with Gasteiger partial charge >= 0.3 is 6.09 Å². The van der Waals surface area contributed by atoms with Crippen LogP contribution in [-0.4, -0.2) is 40.6 Å². The molecule has 1 aliphatic heterocycles. The summed E-state index contributed by atoms with van der Waals surface area (Å²) >= 11 is 0. The second-order valence-corrected chi connectivity index (χ2v) is 15.3. The Morgan fingerprint density at radius 2 is 1.77 bits per heavy atom. The number of carbonyl (C=O) groups excluding carboxylic acids is 2. The van der Waals surface area contributed by atoms with E-state index in [1.807, 2.05) is 11.0 Å². The van der Waals surface area contributed by atoms with Crippen molar-refractivity contribution in [1.29, 1.82) is 5.26 Å². The molecule has 1 heterocycles. The van der Waals surface area contributed by atoms with Gasteiger partial charge in [0.05, 0.1) is 23.7 Å². The van der Waals surface area contributed by atoms with Crippen molar-refractivity contribution in [2.75, 3.05) is 13.2 Å². The first-order chi connectivity index (χ1) is 18.2. The van der Waals surface area contributed by atoms with E-state index >= 15 is 0 Å². The van der Waals surface area contributed by atoms with Crippen LogP contribution in [0.1, 0.15) is 93.4 Å². The van der Waals surface area contributed by atoms with Crippen molar-refractivity contribution >= 4 is 11.9 Å². The van der Waals surface area contributed by atoms with Crippen LogP contribution >= 0.6 is 0 Å². The molecule has 4 fully saturated rings. The van der Waals surface area contributed by atoms with Gasteiger partial charge in [-0.2, -0.15) is 5.26 Å². The fourth-order valence-electron chi connectivity index (χ4n) is 11.4. The molecule has 6 nitrogen and oxygen atoms in total. The molecular weight excluding hydrogens is 488 g/mol. The number of nitrogens with zero attached hydrogens (tertiary/aromatic N) is 2. The summed E-state index contributed by atoms with van der Waals surface area (Å²) in [6.45, 7) is 16.8. The number of ether oxygens (including phenoxy) is 1. The molecule has 6 aliphatic rings. The first-order valence-corrected chi connectivity index (χ1v) is 15.2. The van der Waals surface area contributed by atoms with Crippen molar-refractivity contribution < 1.29 is 19.4 Å². The Bertz CT molecular complexity index is 1240. The number of amides is 1. The van der Waals surface area contributed by atoms with E-state index in [1.54, 1.807) is 0 Å². The topological polar surface area (TPSA) is 90.6 Å². The Morgan fingerprint density at radius 3 is 2.41 bits per heavy atom. The SMILES string of the molecule is C[C@@H]1[C@H]2[C@H]3C(=O)C=C4[C@@]5(C)CC(C#N)=C(O)C(C)(C)[C@@H]5CC[C@@]4(C)[C@]3(C)CC[C@@]2(N2CCOC2=O)CC[C@H]1C. The molecule has 6 rings (SSSR count). The second kappa shape index (κ2) is 8.14. The van der Waals surface area contributed by atoms with E-state index in [9.17, 15) is 20.0 Å². The number of aliphatic hydroxyl groups excluding tert-OH is 1. The smallest absolute Gasteiger partial charge is 0.410 e. The summed E-state index contributed by atoms with van der Waals surface area (Å²) in [6, 6.07) is 2.31. The highest BCUT2D eigenvalue weighted by Gasteiger charge is 2.71. The van der Waals surface area contributed by atoms with Crippen LogP contribution in [0, 0.1) is 62.6 Å². The fourth-order valence-corrected chi connectivity index (χ4v) is 11.4. The second-order valence-electron chi connectivity index (χ2n) is 15.3. The average Bonchev–Trinajstić information content (AvgIpc) is 3.32. The molecule has 0 aromatic heterocycles. The number of rotatable bonds is 1. The number of cyclic esters (lactones) is 1. The van der Waals surface area contributed by atoms with Crippen molar-refractivity contribution in [3.8, 4) is 6.07 Å². The number of ketones is 1. The number of fused-ring (bicyclic) bond motifs is 7. The number of hydrogen-bond donors (Lipinski definition) is 1. The Kier molecular flexibility index (Phi) is 5.61. The molecule has 0 aromatic rings. The van der Waals surface area contributed by atoms with Gasteiger partial charge in [0, 0.05) is 11.3 Å². The minimum atomic E-state index is -0.522. The largest absolute Gasteiger partial charge is 0.511 e. The lowest BCUT2D eigenvalue weighted by Crippen LogP contribution is -2.70. The van der Waals surface area contributed by atoms with E-state index in [0.717, 1.165) is 38.5 Å². The molecule has 1 amide bonds. The molecule has 0 bridgehead atoms. The molecular formula is C33H46N2O4. The number of hydrogen-bond acceptors (Lipinski definition) is 5. The monoisotopic (exact) mass is 534 g/mol. The third-order valence-corrected chi connectivity index (χ3v) is 13.8. The van der Waals surface area contributed by atoms with Crippen LogP contribution in [0.5, 0.6) is 0 Å². The van der Waals surface area contributed by atoms with Gasteiger partial charge in [-0.05, 0) is 90.9 Å². The summed E-state index contributed by atoms with van der Waals surface area (Å²) in [5, 5.41) is 21.1. The number of allylic oxidation sites excluding steroid dienone is 4. The lowest BCUT2D eigenvalue weighted by Gasteiger charge is -2.70. The molecule has 0 spiro atoms. The zero-order chi connectivity index (χ0) is 28.3. The van der Waals surface area contributed by atoms with E-state index in [1.165, 1.54) is 5.57 Å². The molecule has 0 radical (unpaired) electrons. The summed E-state index contributed by atoms with van der Waals surface area (Å²) < 4.78 is 5.48. The molecule has 3 saturated carbocycles. The highest BCUT2D eigenvalue weighted by atomic mass is 16.6. The first kappa shape index (κ1) is 26.9. The lowest BCUT2D eigenvalue weighted by molar-refractivity contribution is -0.178. The molecule has 1 N–H and O–H groups in total. The van der Waals surface area contributed by atoms with Gasteiger partial charge in [-0.15, -0.1) is 0 Å². The predicted octanol–water partition coefficient (Wildman–Crippen LogP) is 6.97. The summed E-state index contributed by atoms with van der Waals surface area (Å²) in [7, 11) is 0. The Labute approximate surface area is 233 Å². The van der Waals surface area contributed by atoms with Gasteiger partial charge in [0.15, 0.2) is 5.78 Å². The third kappa shape index (κ3) is 3.08. The van der Waals surface area contributed by atoms with Crippen molar-refractivity contribution in [1.82, 2.24) is 4.90 Å². The quantitative estimate of drug-likeness (QED) is 0.392. The van der Waals surface area contributed by atoms with Gasteiger partial charge < -0.3 is 9.84 Å². The summed E-state index contributed by atoms with van der Waals surface area (Å²) in [4.78, 5) is 29.7. The van der Waals surface area contributed by atoms with Crippen molar-refractivity contribution in [2.45, 2.75) is 99.0 Å². The van der Waals surface area contributed by atoms with Crippen molar-refractivity contribution in [3.63, 3.8) is 0 Å². The third-order valence-electron chi connectivity index (χ3n) is 13.8. The van der Waals surface area contributed by atoms with Crippen LogP contribution in [-0.2, 0) is 9.53 Å². The molecule has 1 saturated heterocycles. The van der Waals surface area contributed by atoms with Crippen LogP contribution in [0.3, 0.4) is 0 Å². The average molecular weight is 535 g/mol. The van der Waals surface area contributed by atoms with Gasteiger partial charge in [-0.25, -0.2) is 4.79 Å². The Morgan fingerprint density at radius 1 is 1.05 bits per heavy atom.